The van der Waals surface area contributed by atoms with Gasteiger partial charge in [0.05, 0.1) is 0 Å². The van der Waals surface area contributed by atoms with E-state index in [0.717, 1.165) is 18.4 Å². The van der Waals surface area contributed by atoms with Crippen LogP contribution in [0.2, 0.25) is 0 Å². The predicted molar refractivity (Wildman–Crippen MR) is 148 cm³/mol. The summed E-state index contributed by atoms with van der Waals surface area (Å²) in [7, 11) is 0. The highest BCUT2D eigenvalue weighted by atomic mass is 16.6. The zero-order valence-electron chi connectivity index (χ0n) is 23.5. The first-order valence-corrected chi connectivity index (χ1v) is 13.3. The summed E-state index contributed by atoms with van der Waals surface area (Å²) in [6, 6.07) is 14.0. The Balaban J connectivity index is 2.46. The van der Waals surface area contributed by atoms with Gasteiger partial charge in [0, 0.05) is 18.7 Å². The number of hydrogen-bond donors (Lipinski definition) is 3. The fourth-order valence-electron chi connectivity index (χ4n) is 4.08. The molecule has 0 aliphatic carbocycles. The fourth-order valence-corrected chi connectivity index (χ4v) is 4.08. The van der Waals surface area contributed by atoms with Crippen molar-refractivity contribution >= 4 is 17.9 Å². The number of nitrogens with zero attached hydrogens (tertiary/aromatic N) is 1. The van der Waals surface area contributed by atoms with Gasteiger partial charge < -0.3 is 25.4 Å². The van der Waals surface area contributed by atoms with E-state index in [4.69, 9.17) is 4.74 Å². The number of hydrogen-bond acceptors (Lipinski definition) is 5. The monoisotopic (exact) mass is 525 g/mol. The first kappa shape index (κ1) is 30.7. The molecule has 0 aliphatic heterocycles. The minimum atomic E-state index is -1.09. The number of para-hydroxylation sites is 1. The number of phenols is 1. The Morgan fingerprint density at radius 3 is 2.18 bits per heavy atom. The Labute approximate surface area is 226 Å². The third kappa shape index (κ3) is 9.39. The molecular weight excluding hydrogens is 482 g/mol. The Bertz CT molecular complexity index is 1050. The average Bonchev–Trinajstić information content (AvgIpc) is 2.85. The van der Waals surface area contributed by atoms with Crippen LogP contribution in [0.5, 0.6) is 5.75 Å². The number of alkyl carbamates (subject to hydrolysis) is 1. The molecule has 2 aromatic carbocycles. The Hall–Kier alpha value is -3.55. The highest BCUT2D eigenvalue weighted by Gasteiger charge is 2.38. The van der Waals surface area contributed by atoms with E-state index in [0.29, 0.717) is 12.0 Å². The normalized spacial score (nSPS) is 12.9. The van der Waals surface area contributed by atoms with Crippen LogP contribution in [0.1, 0.15) is 78.0 Å². The van der Waals surface area contributed by atoms with Crippen LogP contribution in [-0.4, -0.2) is 46.1 Å². The standard InChI is InChI=1S/C30H43N3O5/c1-7-8-14-19-33(28(36)25(21(2)3)32-29(37)38-30(4,5)6)26(23-17-12-13-18-24(23)34)27(35)31-20-22-15-10-9-11-16-22/h9-13,15-18,21,25-26,34H,7-8,14,19-20H2,1-6H3,(H,31,35)(H,32,37). The number of carbonyl (C=O) groups is 3. The lowest BCUT2D eigenvalue weighted by atomic mass is 9.97. The summed E-state index contributed by atoms with van der Waals surface area (Å²) in [5.74, 6) is -1.19. The molecule has 2 aromatic rings. The second-order valence-corrected chi connectivity index (χ2v) is 10.8. The lowest BCUT2D eigenvalue weighted by Crippen LogP contribution is -2.55. The number of carbonyl (C=O) groups excluding carboxylic acids is 3. The van der Waals surface area contributed by atoms with Gasteiger partial charge in [0.2, 0.25) is 11.8 Å². The van der Waals surface area contributed by atoms with Crippen molar-refractivity contribution in [3.8, 4) is 5.75 Å². The summed E-state index contributed by atoms with van der Waals surface area (Å²) in [5, 5.41) is 16.4. The van der Waals surface area contributed by atoms with E-state index in [1.807, 2.05) is 44.2 Å². The van der Waals surface area contributed by atoms with E-state index < -0.39 is 35.6 Å². The molecule has 0 saturated carbocycles. The maximum Gasteiger partial charge on any atom is 0.408 e. The highest BCUT2D eigenvalue weighted by Crippen LogP contribution is 2.30. The van der Waals surface area contributed by atoms with E-state index in [9.17, 15) is 19.5 Å². The average molecular weight is 526 g/mol. The number of nitrogens with one attached hydrogen (secondary N) is 2. The van der Waals surface area contributed by atoms with Gasteiger partial charge in [0.15, 0.2) is 0 Å². The molecule has 2 rings (SSSR count). The summed E-state index contributed by atoms with van der Waals surface area (Å²) < 4.78 is 5.41. The molecule has 0 spiro atoms. The number of unbranched alkanes of at least 4 members (excludes halogenated alkanes) is 2. The molecule has 0 saturated heterocycles. The molecule has 0 heterocycles. The van der Waals surface area contributed by atoms with E-state index in [1.54, 1.807) is 39.0 Å². The number of amides is 3. The highest BCUT2D eigenvalue weighted by molar-refractivity contribution is 5.92. The molecule has 208 valence electrons. The van der Waals surface area contributed by atoms with Crippen LogP contribution in [0.3, 0.4) is 0 Å². The van der Waals surface area contributed by atoms with Gasteiger partial charge in [-0.2, -0.15) is 0 Å². The zero-order valence-corrected chi connectivity index (χ0v) is 23.5. The summed E-state index contributed by atoms with van der Waals surface area (Å²) >= 11 is 0. The lowest BCUT2D eigenvalue weighted by Gasteiger charge is -2.36. The molecule has 0 fully saturated rings. The van der Waals surface area contributed by atoms with Gasteiger partial charge in [-0.25, -0.2) is 4.79 Å². The molecule has 3 N–H and O–H groups in total. The van der Waals surface area contributed by atoms with E-state index in [-0.39, 0.29) is 24.8 Å². The molecule has 0 radical (unpaired) electrons. The largest absolute Gasteiger partial charge is 0.508 e. The topological polar surface area (TPSA) is 108 Å². The smallest absolute Gasteiger partial charge is 0.408 e. The van der Waals surface area contributed by atoms with Gasteiger partial charge in [-0.05, 0) is 44.7 Å². The Morgan fingerprint density at radius 1 is 0.974 bits per heavy atom. The SMILES string of the molecule is CCCCCN(C(=O)C(NC(=O)OC(C)(C)C)C(C)C)C(C(=O)NCc1ccccc1)c1ccccc1O. The molecule has 0 bridgehead atoms. The first-order valence-electron chi connectivity index (χ1n) is 13.3. The number of ether oxygens (including phenoxy) is 1. The maximum atomic E-state index is 14.1. The van der Waals surface area contributed by atoms with Crippen LogP contribution < -0.4 is 10.6 Å². The summed E-state index contributed by atoms with van der Waals surface area (Å²) in [6.45, 7) is 11.5. The van der Waals surface area contributed by atoms with Crippen molar-refractivity contribution in [3.05, 3.63) is 65.7 Å². The van der Waals surface area contributed by atoms with Crippen LogP contribution >= 0.6 is 0 Å². The van der Waals surface area contributed by atoms with Crippen molar-refractivity contribution in [1.82, 2.24) is 15.5 Å². The van der Waals surface area contributed by atoms with Gasteiger partial charge >= 0.3 is 6.09 Å². The molecule has 2 unspecified atom stereocenters. The summed E-state index contributed by atoms with van der Waals surface area (Å²) in [4.78, 5) is 41.9. The first-order chi connectivity index (χ1) is 17.9. The molecule has 2 atom stereocenters. The zero-order chi connectivity index (χ0) is 28.3. The van der Waals surface area contributed by atoms with Crippen molar-refractivity contribution < 1.29 is 24.2 Å². The van der Waals surface area contributed by atoms with Crippen LogP contribution in [0.4, 0.5) is 4.79 Å². The molecule has 3 amide bonds. The third-order valence-electron chi connectivity index (χ3n) is 5.99. The van der Waals surface area contributed by atoms with Crippen molar-refractivity contribution in [2.24, 2.45) is 5.92 Å². The van der Waals surface area contributed by atoms with Crippen LogP contribution in [0.15, 0.2) is 54.6 Å². The molecule has 8 nitrogen and oxygen atoms in total. The third-order valence-corrected chi connectivity index (χ3v) is 5.99. The lowest BCUT2D eigenvalue weighted by molar-refractivity contribution is -0.143. The fraction of sp³-hybridized carbons (Fsp3) is 0.500. The number of phenolic OH excluding ortho intramolecular Hbond substituents is 1. The van der Waals surface area contributed by atoms with Crippen molar-refractivity contribution in [2.45, 2.75) is 85.0 Å². The molecule has 38 heavy (non-hydrogen) atoms. The molecule has 0 aromatic heterocycles. The Morgan fingerprint density at radius 2 is 1.61 bits per heavy atom. The molecular formula is C30H43N3O5. The number of rotatable bonds is 12. The number of benzene rings is 2. The van der Waals surface area contributed by atoms with E-state index >= 15 is 0 Å². The summed E-state index contributed by atoms with van der Waals surface area (Å²) in [6.07, 6.45) is 1.74. The van der Waals surface area contributed by atoms with Gasteiger partial charge in [-0.1, -0.05) is 82.1 Å². The van der Waals surface area contributed by atoms with E-state index in [1.165, 1.54) is 11.0 Å². The van der Waals surface area contributed by atoms with Crippen molar-refractivity contribution in [1.29, 1.82) is 0 Å². The van der Waals surface area contributed by atoms with Crippen LogP contribution in [-0.2, 0) is 20.9 Å². The molecule has 8 heteroatoms. The second-order valence-electron chi connectivity index (χ2n) is 10.8. The van der Waals surface area contributed by atoms with Crippen LogP contribution in [0.25, 0.3) is 0 Å². The van der Waals surface area contributed by atoms with Crippen molar-refractivity contribution in [2.75, 3.05) is 6.54 Å². The van der Waals surface area contributed by atoms with Crippen LogP contribution in [0, 0.1) is 5.92 Å². The maximum absolute atomic E-state index is 14.1. The minimum absolute atomic E-state index is 0.0816. The second kappa shape index (κ2) is 14.4. The minimum Gasteiger partial charge on any atom is -0.508 e. The van der Waals surface area contributed by atoms with Gasteiger partial charge in [-0.3, -0.25) is 9.59 Å². The number of aromatic hydroxyl groups is 1. The van der Waals surface area contributed by atoms with Crippen molar-refractivity contribution in [3.63, 3.8) is 0 Å². The summed E-state index contributed by atoms with van der Waals surface area (Å²) in [5.41, 5.74) is 0.501. The van der Waals surface area contributed by atoms with Gasteiger partial charge in [-0.15, -0.1) is 0 Å². The quantitative estimate of drug-likeness (QED) is 0.325. The Kier molecular flexibility index (Phi) is 11.6. The van der Waals surface area contributed by atoms with Gasteiger partial charge in [0.25, 0.3) is 0 Å². The predicted octanol–water partition coefficient (Wildman–Crippen LogP) is 5.32. The van der Waals surface area contributed by atoms with E-state index in [2.05, 4.69) is 17.6 Å². The molecule has 0 aliphatic rings. The van der Waals surface area contributed by atoms with Gasteiger partial charge in [0.1, 0.15) is 23.4 Å².